The van der Waals surface area contributed by atoms with E-state index >= 15 is 0 Å². The van der Waals surface area contributed by atoms with Crippen LogP contribution in [-0.2, 0) is 19.6 Å². The number of hydrogen-bond acceptors (Lipinski definition) is 4. The summed E-state index contributed by atoms with van der Waals surface area (Å²) in [5, 5.41) is 10.1. The Kier molecular flexibility index (Phi) is 4.97. The number of hydrogen-bond donors (Lipinski definition) is 1. The van der Waals surface area contributed by atoms with Crippen LogP contribution in [0.1, 0.15) is 22.3 Å². The van der Waals surface area contributed by atoms with Crippen LogP contribution in [0, 0.1) is 5.82 Å². The molecule has 1 N–H and O–H groups in total. The number of fused-ring (bicyclic) bond motifs is 1. The molecule has 0 amide bonds. The number of rotatable bonds is 5. The molecule has 0 aliphatic carbocycles. The SMILES string of the molecule is CN(C)Cc1c(Cc2cccc(CO)c2F)c(=O)oc2ccccc12. The minimum Gasteiger partial charge on any atom is -0.423 e. The van der Waals surface area contributed by atoms with Crippen molar-refractivity contribution in [2.24, 2.45) is 0 Å². The average Bonchev–Trinajstić information content (AvgIpc) is 2.59. The van der Waals surface area contributed by atoms with Crippen LogP contribution >= 0.6 is 0 Å². The molecule has 0 aliphatic rings. The van der Waals surface area contributed by atoms with Crippen LogP contribution < -0.4 is 5.63 Å². The third-order valence-electron chi connectivity index (χ3n) is 4.20. The number of para-hydroxylation sites is 1. The zero-order valence-corrected chi connectivity index (χ0v) is 14.3. The molecule has 1 aromatic heterocycles. The fourth-order valence-corrected chi connectivity index (χ4v) is 3.01. The first kappa shape index (κ1) is 17.3. The van der Waals surface area contributed by atoms with Gasteiger partial charge in [0.2, 0.25) is 0 Å². The Balaban J connectivity index is 2.18. The van der Waals surface area contributed by atoms with E-state index in [4.69, 9.17) is 4.42 Å². The normalized spacial score (nSPS) is 11.4. The van der Waals surface area contributed by atoms with E-state index in [1.807, 2.05) is 37.2 Å². The van der Waals surface area contributed by atoms with Crippen molar-refractivity contribution in [1.82, 2.24) is 4.90 Å². The van der Waals surface area contributed by atoms with Crippen molar-refractivity contribution in [1.29, 1.82) is 0 Å². The van der Waals surface area contributed by atoms with Gasteiger partial charge < -0.3 is 14.4 Å². The van der Waals surface area contributed by atoms with Gasteiger partial charge in [0, 0.05) is 29.5 Å². The van der Waals surface area contributed by atoms with Gasteiger partial charge in [-0.2, -0.15) is 0 Å². The van der Waals surface area contributed by atoms with Crippen molar-refractivity contribution in [2.75, 3.05) is 14.1 Å². The number of aliphatic hydroxyl groups excluding tert-OH is 1. The van der Waals surface area contributed by atoms with E-state index < -0.39 is 11.4 Å². The molecular weight excluding hydrogens is 321 g/mol. The van der Waals surface area contributed by atoms with Gasteiger partial charge in [-0.05, 0) is 31.3 Å². The molecule has 1 heterocycles. The largest absolute Gasteiger partial charge is 0.423 e. The lowest BCUT2D eigenvalue weighted by Gasteiger charge is -2.16. The number of halogens is 1. The van der Waals surface area contributed by atoms with Gasteiger partial charge in [-0.3, -0.25) is 0 Å². The predicted octanol–water partition coefficient (Wildman–Crippen LogP) is 3.08. The maximum Gasteiger partial charge on any atom is 0.340 e. The standard InChI is InChI=1S/C20H20FNO3/c1-22(2)11-17-15-8-3-4-9-18(15)25-20(24)16(17)10-13-6-5-7-14(12-23)19(13)21/h3-9,23H,10-12H2,1-2H3. The molecule has 4 nitrogen and oxygen atoms in total. The van der Waals surface area contributed by atoms with Gasteiger partial charge in [0.1, 0.15) is 11.4 Å². The minimum atomic E-state index is -0.478. The Hall–Kier alpha value is -2.50. The van der Waals surface area contributed by atoms with Crippen LogP contribution in [-0.4, -0.2) is 24.1 Å². The third-order valence-corrected chi connectivity index (χ3v) is 4.20. The Labute approximate surface area is 145 Å². The summed E-state index contributed by atoms with van der Waals surface area (Å²) in [6, 6.07) is 12.2. The highest BCUT2D eigenvalue weighted by atomic mass is 19.1. The quantitative estimate of drug-likeness (QED) is 0.725. The van der Waals surface area contributed by atoms with E-state index in [2.05, 4.69) is 0 Å². The summed E-state index contributed by atoms with van der Waals surface area (Å²) in [6.45, 7) is 0.166. The molecule has 0 fully saturated rings. The fourth-order valence-electron chi connectivity index (χ4n) is 3.01. The molecule has 0 saturated carbocycles. The molecule has 0 unspecified atom stereocenters. The summed E-state index contributed by atoms with van der Waals surface area (Å²) in [5.74, 6) is -0.478. The average molecular weight is 341 g/mol. The molecule has 2 aromatic carbocycles. The first-order valence-electron chi connectivity index (χ1n) is 8.06. The first-order chi connectivity index (χ1) is 12.0. The number of aliphatic hydroxyl groups is 1. The first-order valence-corrected chi connectivity index (χ1v) is 8.06. The predicted molar refractivity (Wildman–Crippen MR) is 95.0 cm³/mol. The highest BCUT2D eigenvalue weighted by Gasteiger charge is 2.18. The molecule has 25 heavy (non-hydrogen) atoms. The summed E-state index contributed by atoms with van der Waals surface area (Å²) >= 11 is 0. The molecule has 0 atom stereocenters. The van der Waals surface area contributed by atoms with Crippen molar-refractivity contribution in [2.45, 2.75) is 19.6 Å². The lowest BCUT2D eigenvalue weighted by Crippen LogP contribution is -2.19. The molecule has 3 aromatic rings. The van der Waals surface area contributed by atoms with Crippen LogP contribution in [0.15, 0.2) is 51.7 Å². The van der Waals surface area contributed by atoms with Crippen LogP contribution in [0.4, 0.5) is 4.39 Å². The highest BCUT2D eigenvalue weighted by Crippen LogP contribution is 2.24. The maximum atomic E-state index is 14.5. The lowest BCUT2D eigenvalue weighted by molar-refractivity contribution is 0.275. The molecule has 3 rings (SSSR count). The van der Waals surface area contributed by atoms with Crippen LogP contribution in [0.25, 0.3) is 11.0 Å². The topological polar surface area (TPSA) is 53.7 Å². The Morgan fingerprint density at radius 2 is 1.76 bits per heavy atom. The molecule has 0 spiro atoms. The second-order valence-electron chi connectivity index (χ2n) is 6.31. The van der Waals surface area contributed by atoms with Crippen LogP contribution in [0.2, 0.25) is 0 Å². The second kappa shape index (κ2) is 7.17. The summed E-state index contributed by atoms with van der Waals surface area (Å²) in [7, 11) is 3.83. The maximum absolute atomic E-state index is 14.5. The summed E-state index contributed by atoms with van der Waals surface area (Å²) in [5.41, 5.74) is 1.94. The van der Waals surface area contributed by atoms with Crippen molar-refractivity contribution >= 4 is 11.0 Å². The summed E-state index contributed by atoms with van der Waals surface area (Å²) in [6.07, 6.45) is 0.121. The fraction of sp³-hybridized carbons (Fsp3) is 0.250. The van der Waals surface area contributed by atoms with Gasteiger partial charge in [0.05, 0.1) is 6.61 Å². The minimum absolute atomic E-state index is 0.121. The highest BCUT2D eigenvalue weighted by molar-refractivity contribution is 5.81. The van der Waals surface area contributed by atoms with Crippen molar-refractivity contribution < 1.29 is 13.9 Å². The van der Waals surface area contributed by atoms with E-state index in [1.54, 1.807) is 18.2 Å². The van der Waals surface area contributed by atoms with Gasteiger partial charge >= 0.3 is 5.63 Å². The summed E-state index contributed by atoms with van der Waals surface area (Å²) in [4.78, 5) is 14.5. The molecule has 0 radical (unpaired) electrons. The Morgan fingerprint density at radius 3 is 2.48 bits per heavy atom. The van der Waals surface area contributed by atoms with E-state index in [1.165, 1.54) is 6.07 Å². The van der Waals surface area contributed by atoms with Gasteiger partial charge in [0.25, 0.3) is 0 Å². The smallest absolute Gasteiger partial charge is 0.340 e. The van der Waals surface area contributed by atoms with Crippen LogP contribution in [0.3, 0.4) is 0 Å². The van der Waals surface area contributed by atoms with E-state index in [0.29, 0.717) is 23.3 Å². The van der Waals surface area contributed by atoms with Crippen molar-refractivity contribution in [3.05, 3.63) is 81.0 Å². The molecule has 130 valence electrons. The molecule has 0 bridgehead atoms. The third kappa shape index (κ3) is 3.48. The molecule has 0 aliphatic heterocycles. The van der Waals surface area contributed by atoms with Gasteiger partial charge in [-0.25, -0.2) is 9.18 Å². The Bertz CT molecular complexity index is 963. The number of nitrogens with zero attached hydrogens (tertiary/aromatic N) is 1. The molecule has 5 heteroatoms. The van der Waals surface area contributed by atoms with Gasteiger partial charge in [0.15, 0.2) is 0 Å². The van der Waals surface area contributed by atoms with E-state index in [0.717, 1.165) is 10.9 Å². The molecular formula is C20H20FNO3. The second-order valence-corrected chi connectivity index (χ2v) is 6.31. The van der Waals surface area contributed by atoms with Crippen molar-refractivity contribution in [3.63, 3.8) is 0 Å². The zero-order valence-electron chi connectivity index (χ0n) is 14.3. The van der Waals surface area contributed by atoms with E-state index in [9.17, 15) is 14.3 Å². The monoisotopic (exact) mass is 341 g/mol. The molecule has 0 saturated heterocycles. The lowest BCUT2D eigenvalue weighted by atomic mass is 9.97. The zero-order chi connectivity index (χ0) is 18.0. The Morgan fingerprint density at radius 1 is 1.04 bits per heavy atom. The van der Waals surface area contributed by atoms with Gasteiger partial charge in [-0.15, -0.1) is 0 Å². The number of benzene rings is 2. The van der Waals surface area contributed by atoms with E-state index in [-0.39, 0.29) is 18.6 Å². The van der Waals surface area contributed by atoms with Crippen molar-refractivity contribution in [3.8, 4) is 0 Å². The summed E-state index contributed by atoms with van der Waals surface area (Å²) < 4.78 is 19.9. The van der Waals surface area contributed by atoms with Crippen LogP contribution in [0.5, 0.6) is 0 Å². The van der Waals surface area contributed by atoms with Gasteiger partial charge in [-0.1, -0.05) is 36.4 Å².